The average molecular weight is 745 g/mol. The van der Waals surface area contributed by atoms with Crippen LogP contribution in [0.3, 0.4) is 0 Å². The van der Waals surface area contributed by atoms with E-state index in [-0.39, 0.29) is 40.1 Å². The molecule has 47 heavy (non-hydrogen) atoms. The highest BCUT2D eigenvalue weighted by molar-refractivity contribution is 9.10. The highest BCUT2D eigenvalue weighted by Crippen LogP contribution is 2.37. The van der Waals surface area contributed by atoms with Crippen LogP contribution < -0.4 is 23.8 Å². The summed E-state index contributed by atoms with van der Waals surface area (Å²) in [6.07, 6.45) is 0.184. The van der Waals surface area contributed by atoms with Crippen molar-refractivity contribution in [2.45, 2.75) is 23.9 Å². The molecule has 0 aromatic heterocycles. The molecule has 13 heteroatoms. The lowest BCUT2D eigenvalue weighted by atomic mass is 10.0. The van der Waals surface area contributed by atoms with Crippen molar-refractivity contribution in [3.63, 3.8) is 0 Å². The predicted octanol–water partition coefficient (Wildman–Crippen LogP) is 5.71. The van der Waals surface area contributed by atoms with Gasteiger partial charge >= 0.3 is 0 Å². The van der Waals surface area contributed by atoms with Crippen LogP contribution in [0.25, 0.3) is 0 Å². The zero-order chi connectivity index (χ0) is 34.1. The van der Waals surface area contributed by atoms with Gasteiger partial charge in [0.25, 0.3) is 10.0 Å². The quantitative estimate of drug-likeness (QED) is 0.176. The molecule has 0 spiro atoms. The van der Waals surface area contributed by atoms with E-state index in [0.29, 0.717) is 5.75 Å². The van der Waals surface area contributed by atoms with Gasteiger partial charge in [0.05, 0.1) is 31.9 Å². The number of ether oxygens (including phenoxy) is 3. The SMILES string of the molecule is CNC(=O)[C@@H](Cc1ccccc1)N(Cc1cccc(Br)c1)C(=O)CN(c1cc(Cl)ccc1OC)S(=O)(=O)c1ccc(OC)c(OC)c1. The summed E-state index contributed by atoms with van der Waals surface area (Å²) in [5.41, 5.74) is 1.58. The van der Waals surface area contributed by atoms with E-state index >= 15 is 0 Å². The van der Waals surface area contributed by atoms with E-state index in [1.807, 2.05) is 54.6 Å². The van der Waals surface area contributed by atoms with E-state index in [4.69, 9.17) is 25.8 Å². The second-order valence-corrected chi connectivity index (χ2v) is 13.5. The number of nitrogens with zero attached hydrogens (tertiary/aromatic N) is 2. The normalized spacial score (nSPS) is 11.7. The van der Waals surface area contributed by atoms with Crippen molar-refractivity contribution in [2.24, 2.45) is 0 Å². The Labute approximate surface area is 288 Å². The van der Waals surface area contributed by atoms with Crippen LogP contribution >= 0.6 is 27.5 Å². The van der Waals surface area contributed by atoms with Crippen LogP contribution in [0.15, 0.2) is 100 Å². The van der Waals surface area contributed by atoms with E-state index in [1.165, 1.54) is 63.6 Å². The first-order valence-corrected chi connectivity index (χ1v) is 17.0. The molecule has 0 radical (unpaired) electrons. The molecule has 10 nitrogen and oxygen atoms in total. The van der Waals surface area contributed by atoms with Gasteiger partial charge < -0.3 is 24.4 Å². The zero-order valence-corrected chi connectivity index (χ0v) is 29.4. The number of benzene rings is 4. The molecule has 0 aliphatic carbocycles. The maximum Gasteiger partial charge on any atom is 0.265 e. The van der Waals surface area contributed by atoms with Crippen LogP contribution in [0.5, 0.6) is 17.2 Å². The lowest BCUT2D eigenvalue weighted by Gasteiger charge is -2.34. The van der Waals surface area contributed by atoms with E-state index < -0.39 is 34.4 Å². The maximum absolute atomic E-state index is 14.6. The predicted molar refractivity (Wildman–Crippen MR) is 185 cm³/mol. The van der Waals surface area contributed by atoms with E-state index in [0.717, 1.165) is 19.9 Å². The summed E-state index contributed by atoms with van der Waals surface area (Å²) in [7, 11) is 1.23. The summed E-state index contributed by atoms with van der Waals surface area (Å²) in [6.45, 7) is -0.677. The first kappa shape index (κ1) is 35.6. The number of nitrogens with one attached hydrogen (secondary N) is 1. The van der Waals surface area contributed by atoms with Crippen molar-refractivity contribution in [1.82, 2.24) is 10.2 Å². The minimum Gasteiger partial charge on any atom is -0.495 e. The summed E-state index contributed by atoms with van der Waals surface area (Å²) in [5, 5.41) is 2.89. The van der Waals surface area contributed by atoms with Gasteiger partial charge in [-0.25, -0.2) is 8.42 Å². The fourth-order valence-electron chi connectivity index (χ4n) is 5.03. The van der Waals surface area contributed by atoms with Crippen molar-refractivity contribution in [3.8, 4) is 17.2 Å². The number of halogens is 2. The number of carbonyl (C=O) groups excluding carboxylic acids is 2. The number of hydrogen-bond acceptors (Lipinski definition) is 7. The van der Waals surface area contributed by atoms with Crippen LogP contribution in [0, 0.1) is 0 Å². The van der Waals surface area contributed by atoms with Crippen molar-refractivity contribution in [3.05, 3.63) is 112 Å². The number of rotatable bonds is 14. The van der Waals surface area contributed by atoms with Crippen LogP contribution in [-0.4, -0.2) is 66.1 Å². The molecule has 1 N–H and O–H groups in total. The smallest absolute Gasteiger partial charge is 0.265 e. The molecule has 0 aliphatic rings. The molecular formula is C34H35BrClN3O7S. The van der Waals surface area contributed by atoms with Gasteiger partial charge in [-0.2, -0.15) is 0 Å². The first-order valence-electron chi connectivity index (χ1n) is 14.4. The van der Waals surface area contributed by atoms with Crippen molar-refractivity contribution < 1.29 is 32.2 Å². The Morgan fingerprint density at radius 3 is 2.13 bits per heavy atom. The molecule has 0 aliphatic heterocycles. The Morgan fingerprint density at radius 1 is 0.830 bits per heavy atom. The Hall–Kier alpha value is -4.26. The van der Waals surface area contributed by atoms with Crippen molar-refractivity contribution in [2.75, 3.05) is 39.2 Å². The molecule has 1 atom stereocenters. The standard InChI is InChI=1S/C34H35BrClN3O7S/c1-37-34(41)29(18-23-9-6-5-7-10-23)38(21-24-11-8-12-25(35)17-24)33(40)22-39(28-19-26(36)13-15-30(28)44-2)47(42,43)27-14-16-31(45-3)32(20-27)46-4/h5-17,19-20,29H,18,21-22H2,1-4H3,(H,37,41)/t29-/m1/s1. The van der Waals surface area contributed by atoms with E-state index in [2.05, 4.69) is 21.2 Å². The number of sulfonamides is 1. The number of hydrogen-bond donors (Lipinski definition) is 1. The van der Waals surface area contributed by atoms with Gasteiger partial charge in [0.1, 0.15) is 18.3 Å². The summed E-state index contributed by atoms with van der Waals surface area (Å²) in [4.78, 5) is 29.2. The summed E-state index contributed by atoms with van der Waals surface area (Å²) in [5.74, 6) is -0.384. The monoisotopic (exact) mass is 743 g/mol. The number of likely N-dealkylation sites (N-methyl/N-ethyl adjacent to an activating group) is 1. The molecule has 4 aromatic rings. The topological polar surface area (TPSA) is 114 Å². The van der Waals surface area contributed by atoms with Crippen LogP contribution in [0.2, 0.25) is 5.02 Å². The Bertz CT molecular complexity index is 1830. The minimum absolute atomic E-state index is 0.0140. The zero-order valence-electron chi connectivity index (χ0n) is 26.3. The molecule has 0 saturated heterocycles. The number of amides is 2. The van der Waals surface area contributed by atoms with Gasteiger partial charge in [0.2, 0.25) is 11.8 Å². The van der Waals surface area contributed by atoms with E-state index in [1.54, 1.807) is 6.07 Å². The third-order valence-electron chi connectivity index (χ3n) is 7.39. The number of methoxy groups -OCH3 is 3. The summed E-state index contributed by atoms with van der Waals surface area (Å²) >= 11 is 9.83. The second-order valence-electron chi connectivity index (χ2n) is 10.3. The highest BCUT2D eigenvalue weighted by atomic mass is 79.9. The molecule has 4 aromatic carbocycles. The van der Waals surface area contributed by atoms with Crippen LogP contribution in [-0.2, 0) is 32.6 Å². The maximum atomic E-state index is 14.6. The van der Waals surface area contributed by atoms with Gasteiger partial charge in [-0.05, 0) is 53.6 Å². The molecule has 0 bridgehead atoms. The van der Waals surface area contributed by atoms with E-state index in [9.17, 15) is 18.0 Å². The van der Waals surface area contributed by atoms with Gasteiger partial charge in [-0.15, -0.1) is 0 Å². The second kappa shape index (κ2) is 16.0. The molecule has 4 rings (SSSR count). The van der Waals surface area contributed by atoms with Crippen LogP contribution in [0.4, 0.5) is 5.69 Å². The van der Waals surface area contributed by atoms with Gasteiger partial charge in [0.15, 0.2) is 11.5 Å². The molecule has 0 saturated carbocycles. The number of carbonyl (C=O) groups is 2. The molecule has 0 fully saturated rings. The molecule has 248 valence electrons. The fourth-order valence-corrected chi connectivity index (χ4v) is 7.07. The number of anilines is 1. The molecule has 0 heterocycles. The minimum atomic E-state index is -4.48. The summed E-state index contributed by atoms with van der Waals surface area (Å²) < 4.78 is 46.8. The largest absolute Gasteiger partial charge is 0.495 e. The Morgan fingerprint density at radius 2 is 1.49 bits per heavy atom. The third-order valence-corrected chi connectivity index (χ3v) is 9.87. The lowest BCUT2D eigenvalue weighted by Crippen LogP contribution is -2.53. The van der Waals surface area contributed by atoms with Gasteiger partial charge in [-0.1, -0.05) is 70.0 Å². The van der Waals surface area contributed by atoms with Crippen molar-refractivity contribution in [1.29, 1.82) is 0 Å². The van der Waals surface area contributed by atoms with Gasteiger partial charge in [-0.3, -0.25) is 13.9 Å². The fraction of sp³-hybridized carbons (Fsp3) is 0.235. The molecule has 2 amide bonds. The Kier molecular flexibility index (Phi) is 12.1. The van der Waals surface area contributed by atoms with Crippen LogP contribution in [0.1, 0.15) is 11.1 Å². The first-order chi connectivity index (χ1) is 22.5. The van der Waals surface area contributed by atoms with Gasteiger partial charge in [0, 0.05) is 35.6 Å². The average Bonchev–Trinajstić information content (AvgIpc) is 3.08. The van der Waals surface area contributed by atoms with Crippen molar-refractivity contribution >= 4 is 55.1 Å². The summed E-state index contributed by atoms with van der Waals surface area (Å²) in [6, 6.07) is 24.2. The molecule has 0 unspecified atom stereocenters. The Balaban J connectivity index is 1.87. The highest BCUT2D eigenvalue weighted by Gasteiger charge is 2.36. The molecular weight excluding hydrogens is 710 g/mol. The third kappa shape index (κ3) is 8.56. The lowest BCUT2D eigenvalue weighted by molar-refractivity contribution is -0.139.